The molecule has 3 N–H and O–H groups in total. The number of phenols is 1. The molecule has 0 aliphatic rings. The minimum Gasteiger partial charge on any atom is -0.502 e. The molecule has 0 saturated heterocycles. The molecule has 0 amide bonds. The number of phenolic OH excluding ortho intramolecular Hbond substituents is 1. The van der Waals surface area contributed by atoms with E-state index in [0.717, 1.165) is 5.69 Å². The number of ether oxygens (including phenoxy) is 2. The van der Waals surface area contributed by atoms with Crippen LogP contribution in [0.15, 0.2) is 41.5 Å². The van der Waals surface area contributed by atoms with E-state index >= 15 is 0 Å². The third-order valence-electron chi connectivity index (χ3n) is 3.72. The molecule has 0 aliphatic carbocycles. The summed E-state index contributed by atoms with van der Waals surface area (Å²) in [7, 11) is 2.94. The van der Waals surface area contributed by atoms with Crippen molar-refractivity contribution >= 4 is 29.2 Å². The highest BCUT2D eigenvalue weighted by Crippen LogP contribution is 2.36. The maximum absolute atomic E-state index is 9.90. The molecular formula is C19H23N3O3S. The second-order valence-electron chi connectivity index (χ2n) is 5.87. The predicted molar refractivity (Wildman–Crippen MR) is 109 cm³/mol. The number of anilines is 1. The van der Waals surface area contributed by atoms with Crippen molar-refractivity contribution in [3.63, 3.8) is 0 Å². The molecule has 0 fully saturated rings. The van der Waals surface area contributed by atoms with Crippen molar-refractivity contribution in [2.45, 2.75) is 19.8 Å². The maximum Gasteiger partial charge on any atom is 0.200 e. The standard InChI is InChI=1S/C19H23N3O3S/c1-12(2)14-5-7-15(8-6-14)21-19(26)22-20-11-13-9-16(24-3)18(23)17(10-13)25-4/h5-12,23H,1-4H3,(H2,21,22,26)/b20-11+. The van der Waals surface area contributed by atoms with Crippen molar-refractivity contribution < 1.29 is 14.6 Å². The smallest absolute Gasteiger partial charge is 0.200 e. The number of aromatic hydroxyl groups is 1. The molecule has 2 aromatic rings. The SMILES string of the molecule is COc1cc(/C=N/NC(=S)Nc2ccc(C(C)C)cc2)cc(OC)c1O. The van der Waals surface area contributed by atoms with E-state index in [1.165, 1.54) is 19.8 Å². The summed E-state index contributed by atoms with van der Waals surface area (Å²) in [6, 6.07) is 11.4. The summed E-state index contributed by atoms with van der Waals surface area (Å²) in [5.41, 5.74) is 5.59. The normalized spacial score (nSPS) is 10.8. The summed E-state index contributed by atoms with van der Waals surface area (Å²) in [6.07, 6.45) is 1.56. The van der Waals surface area contributed by atoms with Crippen LogP contribution in [0.1, 0.15) is 30.9 Å². The number of hydrogen-bond donors (Lipinski definition) is 3. The van der Waals surface area contributed by atoms with Gasteiger partial charge in [0.25, 0.3) is 0 Å². The van der Waals surface area contributed by atoms with Gasteiger partial charge in [0, 0.05) is 11.3 Å². The van der Waals surface area contributed by atoms with Crippen LogP contribution < -0.4 is 20.2 Å². The lowest BCUT2D eigenvalue weighted by molar-refractivity contribution is 0.340. The minimum atomic E-state index is -0.0536. The number of rotatable bonds is 6. The molecule has 0 bridgehead atoms. The lowest BCUT2D eigenvalue weighted by Gasteiger charge is -2.10. The molecular weight excluding hydrogens is 350 g/mol. The Morgan fingerprint density at radius 3 is 2.19 bits per heavy atom. The first-order valence-electron chi connectivity index (χ1n) is 8.09. The number of benzene rings is 2. The second kappa shape index (κ2) is 9.05. The van der Waals surface area contributed by atoms with Gasteiger partial charge in [-0.1, -0.05) is 26.0 Å². The third-order valence-corrected chi connectivity index (χ3v) is 3.91. The van der Waals surface area contributed by atoms with Gasteiger partial charge in [-0.15, -0.1) is 0 Å². The molecule has 26 heavy (non-hydrogen) atoms. The van der Waals surface area contributed by atoms with E-state index in [-0.39, 0.29) is 5.75 Å². The van der Waals surface area contributed by atoms with Crippen molar-refractivity contribution in [3.8, 4) is 17.2 Å². The Kier molecular flexibility index (Phi) is 6.80. The molecule has 0 unspecified atom stereocenters. The van der Waals surface area contributed by atoms with Crippen molar-refractivity contribution in [3.05, 3.63) is 47.5 Å². The van der Waals surface area contributed by atoms with Gasteiger partial charge in [-0.05, 0) is 48.0 Å². The zero-order valence-corrected chi connectivity index (χ0v) is 16.1. The fourth-order valence-electron chi connectivity index (χ4n) is 2.26. The van der Waals surface area contributed by atoms with Crippen LogP contribution in [-0.4, -0.2) is 30.7 Å². The molecule has 0 aliphatic heterocycles. The number of hydrazone groups is 1. The lowest BCUT2D eigenvalue weighted by atomic mass is 10.0. The summed E-state index contributed by atoms with van der Waals surface area (Å²) >= 11 is 5.23. The first-order chi connectivity index (χ1) is 12.4. The predicted octanol–water partition coefficient (Wildman–Crippen LogP) is 3.85. The molecule has 0 saturated carbocycles. The van der Waals surface area contributed by atoms with Gasteiger partial charge in [0.15, 0.2) is 16.6 Å². The highest BCUT2D eigenvalue weighted by atomic mass is 32.1. The monoisotopic (exact) mass is 373 g/mol. The van der Waals surface area contributed by atoms with Crippen LogP contribution in [0.3, 0.4) is 0 Å². The fourth-order valence-corrected chi connectivity index (χ4v) is 2.43. The first-order valence-corrected chi connectivity index (χ1v) is 8.50. The number of nitrogens with zero attached hydrogens (tertiary/aromatic N) is 1. The van der Waals surface area contributed by atoms with Crippen LogP contribution in [0.25, 0.3) is 0 Å². The zero-order valence-electron chi connectivity index (χ0n) is 15.2. The molecule has 2 rings (SSSR count). The van der Waals surface area contributed by atoms with E-state index in [2.05, 4.69) is 41.8 Å². The first kappa shape index (κ1) is 19.5. The Bertz CT molecular complexity index is 764. The largest absolute Gasteiger partial charge is 0.502 e. The summed E-state index contributed by atoms with van der Waals surface area (Å²) in [5, 5.41) is 17.4. The summed E-state index contributed by atoms with van der Waals surface area (Å²) in [4.78, 5) is 0. The number of hydrogen-bond acceptors (Lipinski definition) is 5. The molecule has 7 heteroatoms. The van der Waals surface area contributed by atoms with Gasteiger partial charge < -0.3 is 19.9 Å². The Morgan fingerprint density at radius 2 is 1.69 bits per heavy atom. The molecule has 0 radical (unpaired) electrons. The number of thiocarbonyl (C=S) groups is 1. The second-order valence-corrected chi connectivity index (χ2v) is 6.28. The Labute approximate surface area is 158 Å². The van der Waals surface area contributed by atoms with Crippen LogP contribution in [0.4, 0.5) is 5.69 Å². The van der Waals surface area contributed by atoms with Crippen LogP contribution in [-0.2, 0) is 0 Å². The van der Waals surface area contributed by atoms with E-state index in [0.29, 0.717) is 28.1 Å². The van der Waals surface area contributed by atoms with Crippen molar-refractivity contribution in [2.24, 2.45) is 5.10 Å². The average molecular weight is 373 g/mol. The minimum absolute atomic E-state index is 0.0536. The maximum atomic E-state index is 9.90. The fraction of sp³-hybridized carbons (Fsp3) is 0.263. The van der Waals surface area contributed by atoms with E-state index in [9.17, 15) is 5.11 Å². The summed E-state index contributed by atoms with van der Waals surface area (Å²) < 4.78 is 10.2. The molecule has 6 nitrogen and oxygen atoms in total. The highest BCUT2D eigenvalue weighted by molar-refractivity contribution is 7.80. The van der Waals surface area contributed by atoms with Gasteiger partial charge in [-0.2, -0.15) is 5.10 Å². The van der Waals surface area contributed by atoms with E-state index < -0.39 is 0 Å². The molecule has 138 valence electrons. The summed E-state index contributed by atoms with van der Waals surface area (Å²) in [6.45, 7) is 4.30. The molecule has 0 heterocycles. The van der Waals surface area contributed by atoms with E-state index in [1.807, 2.05) is 12.1 Å². The van der Waals surface area contributed by atoms with E-state index in [1.54, 1.807) is 18.3 Å². The number of nitrogens with one attached hydrogen (secondary N) is 2. The van der Waals surface area contributed by atoms with Crippen LogP contribution >= 0.6 is 12.2 Å². The van der Waals surface area contributed by atoms with Crippen LogP contribution in [0, 0.1) is 0 Å². The number of methoxy groups -OCH3 is 2. The third kappa shape index (κ3) is 5.10. The van der Waals surface area contributed by atoms with Gasteiger partial charge in [-0.25, -0.2) is 0 Å². The van der Waals surface area contributed by atoms with Gasteiger partial charge in [0.1, 0.15) is 0 Å². The molecule has 0 aromatic heterocycles. The molecule has 2 aromatic carbocycles. The van der Waals surface area contributed by atoms with Crippen molar-refractivity contribution in [2.75, 3.05) is 19.5 Å². The average Bonchev–Trinajstić information content (AvgIpc) is 2.63. The molecule has 0 spiro atoms. The quantitative estimate of drug-likeness (QED) is 0.406. The van der Waals surface area contributed by atoms with Crippen molar-refractivity contribution in [1.82, 2.24) is 5.43 Å². The molecule has 0 atom stereocenters. The Morgan fingerprint density at radius 1 is 1.12 bits per heavy atom. The van der Waals surface area contributed by atoms with Gasteiger partial charge in [0.05, 0.1) is 20.4 Å². The van der Waals surface area contributed by atoms with Crippen molar-refractivity contribution in [1.29, 1.82) is 0 Å². The van der Waals surface area contributed by atoms with Crippen LogP contribution in [0.5, 0.6) is 17.2 Å². The topological polar surface area (TPSA) is 75.1 Å². The van der Waals surface area contributed by atoms with Crippen LogP contribution in [0.2, 0.25) is 0 Å². The van der Waals surface area contributed by atoms with Gasteiger partial charge in [-0.3, -0.25) is 5.43 Å². The van der Waals surface area contributed by atoms with Gasteiger partial charge >= 0.3 is 0 Å². The van der Waals surface area contributed by atoms with Gasteiger partial charge in [0.2, 0.25) is 5.75 Å². The summed E-state index contributed by atoms with van der Waals surface area (Å²) in [5.74, 6) is 1.04. The Balaban J connectivity index is 1.98. The van der Waals surface area contributed by atoms with E-state index in [4.69, 9.17) is 21.7 Å². The highest BCUT2D eigenvalue weighted by Gasteiger charge is 2.10. The zero-order chi connectivity index (χ0) is 19.1. The lowest BCUT2D eigenvalue weighted by Crippen LogP contribution is -2.23. The Hall–Kier alpha value is -2.80.